The molecule has 3 N–H and O–H groups in total. The Morgan fingerprint density at radius 2 is 2.00 bits per heavy atom. The normalized spacial score (nSPS) is 10.3. The first-order chi connectivity index (χ1) is 7.15. The van der Waals surface area contributed by atoms with Gasteiger partial charge in [-0.05, 0) is 24.3 Å². The second-order valence-corrected chi connectivity index (χ2v) is 3.23. The van der Waals surface area contributed by atoms with E-state index < -0.39 is 0 Å². The van der Waals surface area contributed by atoms with Gasteiger partial charge < -0.3 is 11.1 Å². The van der Waals surface area contributed by atoms with E-state index in [-0.39, 0.29) is 5.82 Å². The van der Waals surface area contributed by atoms with Crippen LogP contribution in [-0.2, 0) is 7.05 Å². The highest BCUT2D eigenvalue weighted by Gasteiger charge is 2.03. The molecule has 0 radical (unpaired) electrons. The lowest BCUT2D eigenvalue weighted by atomic mass is 10.3. The minimum absolute atomic E-state index is 0.264. The van der Waals surface area contributed by atoms with E-state index in [2.05, 4.69) is 10.4 Å². The molecule has 78 valence electrons. The van der Waals surface area contributed by atoms with E-state index in [9.17, 15) is 4.39 Å². The minimum atomic E-state index is -0.264. The van der Waals surface area contributed by atoms with E-state index in [1.54, 1.807) is 30.1 Å². The number of hydrogen-bond donors (Lipinski definition) is 2. The maximum atomic E-state index is 12.6. The van der Waals surface area contributed by atoms with E-state index in [0.29, 0.717) is 11.5 Å². The van der Waals surface area contributed by atoms with Gasteiger partial charge in [-0.2, -0.15) is 5.10 Å². The molecule has 1 aromatic carbocycles. The third-order valence-electron chi connectivity index (χ3n) is 1.98. The Balaban J connectivity index is 2.21. The van der Waals surface area contributed by atoms with Crippen LogP contribution in [0.15, 0.2) is 30.5 Å². The second kappa shape index (κ2) is 3.61. The molecule has 0 unspecified atom stereocenters. The number of halogens is 1. The fourth-order valence-corrected chi connectivity index (χ4v) is 1.29. The Morgan fingerprint density at radius 1 is 1.33 bits per heavy atom. The fourth-order valence-electron chi connectivity index (χ4n) is 1.29. The Hall–Kier alpha value is -2.04. The molecule has 0 aliphatic heterocycles. The highest BCUT2D eigenvalue weighted by atomic mass is 19.1. The van der Waals surface area contributed by atoms with Crippen molar-refractivity contribution in [3.05, 3.63) is 36.3 Å². The number of aryl methyl sites for hydroxylation is 1. The zero-order chi connectivity index (χ0) is 10.8. The second-order valence-electron chi connectivity index (χ2n) is 3.23. The molecule has 1 aromatic heterocycles. The lowest BCUT2D eigenvalue weighted by Crippen LogP contribution is -1.94. The summed E-state index contributed by atoms with van der Waals surface area (Å²) < 4.78 is 14.3. The van der Waals surface area contributed by atoms with Crippen molar-refractivity contribution >= 4 is 17.2 Å². The average Bonchev–Trinajstić information content (AvgIpc) is 2.49. The molecule has 0 amide bonds. The Labute approximate surface area is 86.5 Å². The summed E-state index contributed by atoms with van der Waals surface area (Å²) >= 11 is 0. The zero-order valence-electron chi connectivity index (χ0n) is 8.24. The lowest BCUT2D eigenvalue weighted by Gasteiger charge is -2.03. The Bertz CT molecular complexity index is 461. The number of nitrogens with zero attached hydrogens (tertiary/aromatic N) is 2. The monoisotopic (exact) mass is 206 g/mol. The van der Waals surface area contributed by atoms with Crippen LogP contribution in [0, 0.1) is 5.82 Å². The van der Waals surface area contributed by atoms with Gasteiger partial charge in [-0.15, -0.1) is 0 Å². The summed E-state index contributed by atoms with van der Waals surface area (Å²) in [5.41, 5.74) is 7.14. The van der Waals surface area contributed by atoms with Crippen LogP contribution in [0.2, 0.25) is 0 Å². The summed E-state index contributed by atoms with van der Waals surface area (Å²) in [6.45, 7) is 0. The van der Waals surface area contributed by atoms with Crippen molar-refractivity contribution in [3.63, 3.8) is 0 Å². The smallest absolute Gasteiger partial charge is 0.169 e. The predicted molar refractivity (Wildman–Crippen MR) is 57.3 cm³/mol. The van der Waals surface area contributed by atoms with Gasteiger partial charge in [-0.1, -0.05) is 0 Å². The molecule has 0 fully saturated rings. The highest BCUT2D eigenvalue weighted by Crippen LogP contribution is 2.21. The van der Waals surface area contributed by atoms with Crippen molar-refractivity contribution in [1.82, 2.24) is 9.78 Å². The molecule has 2 aromatic rings. The molecule has 0 saturated carbocycles. The van der Waals surface area contributed by atoms with Crippen LogP contribution in [0.3, 0.4) is 0 Å². The molecule has 5 heteroatoms. The first-order valence-corrected chi connectivity index (χ1v) is 4.47. The molecule has 0 atom stereocenters. The van der Waals surface area contributed by atoms with Crippen LogP contribution in [-0.4, -0.2) is 9.78 Å². The lowest BCUT2D eigenvalue weighted by molar-refractivity contribution is 0.628. The highest BCUT2D eigenvalue weighted by molar-refractivity contribution is 5.68. The van der Waals surface area contributed by atoms with Gasteiger partial charge in [0.15, 0.2) is 5.82 Å². The van der Waals surface area contributed by atoms with E-state index in [1.165, 1.54) is 12.1 Å². The summed E-state index contributed by atoms with van der Waals surface area (Å²) in [6, 6.07) is 6.05. The standard InChI is InChI=1S/C10H11FN4/c1-15-6-9(10(12)14-15)13-8-4-2-7(11)3-5-8/h2-6,13H,1H3,(H2,12,14). The quantitative estimate of drug-likeness (QED) is 0.788. The van der Waals surface area contributed by atoms with Crippen LogP contribution in [0.5, 0.6) is 0 Å². The van der Waals surface area contributed by atoms with Crippen LogP contribution in [0.25, 0.3) is 0 Å². The van der Waals surface area contributed by atoms with Crippen LogP contribution >= 0.6 is 0 Å². The molecular formula is C10H11FN4. The van der Waals surface area contributed by atoms with E-state index in [4.69, 9.17) is 5.73 Å². The maximum absolute atomic E-state index is 12.6. The fraction of sp³-hybridized carbons (Fsp3) is 0.100. The van der Waals surface area contributed by atoms with E-state index in [1.807, 2.05) is 0 Å². The van der Waals surface area contributed by atoms with E-state index in [0.717, 1.165) is 5.69 Å². The number of nitrogen functional groups attached to an aromatic ring is 1. The Kier molecular flexibility index (Phi) is 2.29. The van der Waals surface area contributed by atoms with Crippen molar-refractivity contribution in [2.45, 2.75) is 0 Å². The SMILES string of the molecule is Cn1cc(Nc2ccc(F)cc2)c(N)n1. The molecule has 0 bridgehead atoms. The molecule has 4 nitrogen and oxygen atoms in total. The van der Waals surface area contributed by atoms with Crippen LogP contribution in [0.1, 0.15) is 0 Å². The van der Waals surface area contributed by atoms with Crippen molar-refractivity contribution < 1.29 is 4.39 Å². The number of benzene rings is 1. The third kappa shape index (κ3) is 2.07. The van der Waals surface area contributed by atoms with Gasteiger partial charge in [0.25, 0.3) is 0 Å². The third-order valence-corrected chi connectivity index (χ3v) is 1.98. The zero-order valence-corrected chi connectivity index (χ0v) is 8.24. The minimum Gasteiger partial charge on any atom is -0.380 e. The predicted octanol–water partition coefficient (Wildman–Crippen LogP) is 1.88. The molecule has 15 heavy (non-hydrogen) atoms. The summed E-state index contributed by atoms with van der Waals surface area (Å²) in [5.74, 6) is 0.154. The number of rotatable bonds is 2. The van der Waals surface area contributed by atoms with Crippen LogP contribution in [0.4, 0.5) is 21.6 Å². The topological polar surface area (TPSA) is 55.9 Å². The molecule has 2 rings (SSSR count). The van der Waals surface area contributed by atoms with Gasteiger partial charge in [0.1, 0.15) is 11.5 Å². The van der Waals surface area contributed by atoms with Crippen LogP contribution < -0.4 is 11.1 Å². The number of anilines is 3. The van der Waals surface area contributed by atoms with Gasteiger partial charge in [-0.25, -0.2) is 4.39 Å². The maximum Gasteiger partial charge on any atom is 0.169 e. The molecule has 1 heterocycles. The molecule has 0 aliphatic carbocycles. The van der Waals surface area contributed by atoms with Gasteiger partial charge in [0, 0.05) is 12.7 Å². The van der Waals surface area contributed by atoms with Crippen molar-refractivity contribution in [1.29, 1.82) is 0 Å². The van der Waals surface area contributed by atoms with Gasteiger partial charge in [0.05, 0.1) is 6.20 Å². The number of aromatic nitrogens is 2. The molecule has 0 saturated heterocycles. The Morgan fingerprint density at radius 3 is 2.53 bits per heavy atom. The van der Waals surface area contributed by atoms with Crippen molar-refractivity contribution in [2.24, 2.45) is 7.05 Å². The number of hydrogen-bond acceptors (Lipinski definition) is 3. The summed E-state index contributed by atoms with van der Waals surface area (Å²) in [6.07, 6.45) is 1.76. The van der Waals surface area contributed by atoms with Gasteiger partial charge in [-0.3, -0.25) is 4.68 Å². The van der Waals surface area contributed by atoms with E-state index >= 15 is 0 Å². The first-order valence-electron chi connectivity index (χ1n) is 4.47. The largest absolute Gasteiger partial charge is 0.380 e. The summed E-state index contributed by atoms with van der Waals surface area (Å²) in [4.78, 5) is 0. The first kappa shape index (κ1) is 9.51. The molecule has 0 spiro atoms. The summed E-state index contributed by atoms with van der Waals surface area (Å²) in [7, 11) is 1.78. The average molecular weight is 206 g/mol. The van der Waals surface area contributed by atoms with Gasteiger partial charge in [0.2, 0.25) is 0 Å². The van der Waals surface area contributed by atoms with Crippen molar-refractivity contribution in [2.75, 3.05) is 11.1 Å². The number of nitrogens with one attached hydrogen (secondary N) is 1. The summed E-state index contributed by atoms with van der Waals surface area (Å²) in [5, 5.41) is 7.03. The molecular weight excluding hydrogens is 195 g/mol. The number of nitrogens with two attached hydrogens (primary N) is 1. The van der Waals surface area contributed by atoms with Gasteiger partial charge >= 0.3 is 0 Å². The molecule has 0 aliphatic rings. The van der Waals surface area contributed by atoms with Crippen molar-refractivity contribution in [3.8, 4) is 0 Å².